The number of carbonyl (C=O) groups excluding carboxylic acids is 1. The van der Waals surface area contributed by atoms with E-state index >= 15 is 0 Å². The van der Waals surface area contributed by atoms with Gasteiger partial charge in [-0.2, -0.15) is 0 Å². The quantitative estimate of drug-likeness (QED) is 0.429. The molecule has 4 heterocycles. The van der Waals surface area contributed by atoms with Gasteiger partial charge in [-0.3, -0.25) is 9.78 Å². The number of aryl methyl sites for hydroxylation is 1. The van der Waals surface area contributed by atoms with Gasteiger partial charge in [-0.1, -0.05) is 11.6 Å². The van der Waals surface area contributed by atoms with E-state index < -0.39 is 0 Å². The van der Waals surface area contributed by atoms with Crippen molar-refractivity contribution >= 4 is 46.0 Å². The maximum atomic E-state index is 12.8. The lowest BCUT2D eigenvalue weighted by atomic mass is 10.3. The fraction of sp³-hybridized carbons (Fsp3) is 0.100. The first kappa shape index (κ1) is 19.5. The van der Waals surface area contributed by atoms with Crippen molar-refractivity contribution in [2.75, 3.05) is 5.32 Å². The number of rotatable bonds is 6. The largest absolute Gasteiger partial charge is 0.485 e. The molecule has 0 aliphatic carbocycles. The van der Waals surface area contributed by atoms with Crippen LogP contribution in [0.3, 0.4) is 0 Å². The summed E-state index contributed by atoms with van der Waals surface area (Å²) in [4.78, 5) is 27.0. The Morgan fingerprint density at radius 2 is 1.97 bits per heavy atom. The molecule has 0 unspecified atom stereocenters. The number of carbonyl (C=O) groups is 1. The summed E-state index contributed by atoms with van der Waals surface area (Å²) < 4.78 is 6.52. The van der Waals surface area contributed by atoms with Crippen molar-refractivity contribution in [3.05, 3.63) is 75.5 Å². The van der Waals surface area contributed by atoms with Gasteiger partial charge in [-0.05, 0) is 48.9 Å². The summed E-state index contributed by atoms with van der Waals surface area (Å²) >= 11 is 8.76. The zero-order valence-electron chi connectivity index (χ0n) is 15.3. The third kappa shape index (κ3) is 4.61. The first-order valence-electron chi connectivity index (χ1n) is 8.61. The lowest BCUT2D eigenvalue weighted by molar-refractivity contribution is 0.102. The van der Waals surface area contributed by atoms with Crippen LogP contribution in [0.5, 0.6) is 5.75 Å². The molecule has 0 spiro atoms. The SMILES string of the molecule is Cc1nc(-c2ccc(Cl)s2)sc1C(=O)Nc1ncccc1OCc1ccncc1. The number of pyridine rings is 2. The van der Waals surface area contributed by atoms with E-state index in [9.17, 15) is 4.79 Å². The van der Waals surface area contributed by atoms with E-state index in [2.05, 4.69) is 20.3 Å². The number of aromatic nitrogens is 3. The molecule has 0 aliphatic heterocycles. The van der Waals surface area contributed by atoms with Crippen LogP contribution in [-0.2, 0) is 6.61 Å². The van der Waals surface area contributed by atoms with Crippen molar-refractivity contribution in [3.63, 3.8) is 0 Å². The summed E-state index contributed by atoms with van der Waals surface area (Å²) in [6, 6.07) is 11.0. The highest BCUT2D eigenvalue weighted by Gasteiger charge is 2.19. The van der Waals surface area contributed by atoms with Gasteiger partial charge < -0.3 is 10.1 Å². The molecule has 0 saturated heterocycles. The highest BCUT2D eigenvalue weighted by atomic mass is 35.5. The third-order valence-corrected chi connectivity index (χ3v) is 6.49. The molecule has 0 bridgehead atoms. The lowest BCUT2D eigenvalue weighted by Gasteiger charge is -2.11. The van der Waals surface area contributed by atoms with Crippen LogP contribution in [0, 0.1) is 6.92 Å². The topological polar surface area (TPSA) is 77.0 Å². The van der Waals surface area contributed by atoms with E-state index in [0.717, 1.165) is 15.4 Å². The predicted octanol–water partition coefficient (Wildman–Crippen LogP) is 5.45. The average molecular weight is 443 g/mol. The minimum atomic E-state index is -0.277. The van der Waals surface area contributed by atoms with Gasteiger partial charge in [0.25, 0.3) is 5.91 Å². The molecule has 0 fully saturated rings. The Kier molecular flexibility index (Phi) is 5.84. The number of ether oxygens (including phenoxy) is 1. The van der Waals surface area contributed by atoms with Crippen LogP contribution >= 0.6 is 34.3 Å². The Balaban J connectivity index is 1.51. The van der Waals surface area contributed by atoms with Crippen molar-refractivity contribution < 1.29 is 9.53 Å². The second-order valence-corrected chi connectivity index (χ2v) is 8.70. The van der Waals surface area contributed by atoms with Crippen molar-refractivity contribution in [1.82, 2.24) is 15.0 Å². The second-order valence-electron chi connectivity index (χ2n) is 5.99. The highest BCUT2D eigenvalue weighted by Crippen LogP contribution is 2.35. The highest BCUT2D eigenvalue weighted by molar-refractivity contribution is 7.24. The van der Waals surface area contributed by atoms with Gasteiger partial charge in [0, 0.05) is 18.6 Å². The molecule has 1 N–H and O–H groups in total. The Bertz CT molecular complexity index is 1140. The normalized spacial score (nSPS) is 10.7. The van der Waals surface area contributed by atoms with E-state index in [-0.39, 0.29) is 5.91 Å². The Morgan fingerprint density at radius 1 is 1.14 bits per heavy atom. The van der Waals surface area contributed by atoms with E-state index in [1.807, 2.05) is 31.2 Å². The van der Waals surface area contributed by atoms with E-state index in [1.165, 1.54) is 22.7 Å². The van der Waals surface area contributed by atoms with Crippen molar-refractivity contribution in [1.29, 1.82) is 0 Å². The smallest absolute Gasteiger partial charge is 0.268 e. The number of hydrogen-bond donors (Lipinski definition) is 1. The summed E-state index contributed by atoms with van der Waals surface area (Å²) in [5.41, 5.74) is 1.63. The molecular formula is C20H15ClN4O2S2. The molecular weight excluding hydrogens is 428 g/mol. The van der Waals surface area contributed by atoms with Gasteiger partial charge in [0.05, 0.1) is 14.9 Å². The van der Waals surface area contributed by atoms with Crippen molar-refractivity contribution in [2.45, 2.75) is 13.5 Å². The molecule has 146 valence electrons. The summed E-state index contributed by atoms with van der Waals surface area (Å²) in [5, 5.41) is 3.60. The predicted molar refractivity (Wildman–Crippen MR) is 116 cm³/mol. The zero-order valence-corrected chi connectivity index (χ0v) is 17.6. The van der Waals surface area contributed by atoms with Gasteiger partial charge in [0.1, 0.15) is 16.5 Å². The molecule has 9 heteroatoms. The van der Waals surface area contributed by atoms with Crippen LogP contribution in [0.25, 0.3) is 9.88 Å². The summed E-state index contributed by atoms with van der Waals surface area (Å²) in [5.74, 6) is 0.575. The van der Waals surface area contributed by atoms with Crippen LogP contribution in [0.1, 0.15) is 20.9 Å². The summed E-state index contributed by atoms with van der Waals surface area (Å²) in [6.45, 7) is 2.16. The van der Waals surface area contributed by atoms with Gasteiger partial charge in [0.2, 0.25) is 0 Å². The summed E-state index contributed by atoms with van der Waals surface area (Å²) in [6.07, 6.45) is 5.01. The Morgan fingerprint density at radius 3 is 2.72 bits per heavy atom. The molecule has 6 nitrogen and oxygen atoms in total. The minimum Gasteiger partial charge on any atom is -0.485 e. The van der Waals surface area contributed by atoms with E-state index in [0.29, 0.717) is 33.1 Å². The number of thiazole rings is 1. The maximum absolute atomic E-state index is 12.8. The number of halogens is 1. The van der Waals surface area contributed by atoms with Crippen molar-refractivity contribution in [2.24, 2.45) is 0 Å². The van der Waals surface area contributed by atoms with Gasteiger partial charge in [0.15, 0.2) is 11.6 Å². The number of nitrogens with one attached hydrogen (secondary N) is 1. The molecule has 29 heavy (non-hydrogen) atoms. The second kappa shape index (κ2) is 8.69. The third-order valence-electron chi connectivity index (χ3n) is 3.93. The average Bonchev–Trinajstić information content (AvgIpc) is 3.33. The number of amides is 1. The van der Waals surface area contributed by atoms with Gasteiger partial charge in [-0.25, -0.2) is 9.97 Å². The molecule has 0 saturated carbocycles. The van der Waals surface area contributed by atoms with E-state index in [1.54, 1.807) is 30.7 Å². The minimum absolute atomic E-state index is 0.277. The van der Waals surface area contributed by atoms with E-state index in [4.69, 9.17) is 16.3 Å². The molecule has 4 aromatic rings. The Labute approximate surface area is 180 Å². The molecule has 0 atom stereocenters. The monoisotopic (exact) mass is 442 g/mol. The van der Waals surface area contributed by atoms with Crippen LogP contribution < -0.4 is 10.1 Å². The lowest BCUT2D eigenvalue weighted by Crippen LogP contribution is -2.13. The Hall–Kier alpha value is -2.81. The van der Waals surface area contributed by atoms with Gasteiger partial charge >= 0.3 is 0 Å². The van der Waals surface area contributed by atoms with Crippen LogP contribution in [-0.4, -0.2) is 20.9 Å². The van der Waals surface area contributed by atoms with Crippen LogP contribution in [0.15, 0.2) is 55.0 Å². The number of thiophene rings is 1. The van der Waals surface area contributed by atoms with Crippen LogP contribution in [0.4, 0.5) is 5.82 Å². The molecule has 1 amide bonds. The molecule has 4 rings (SSSR count). The first-order valence-corrected chi connectivity index (χ1v) is 10.6. The molecule has 0 aliphatic rings. The van der Waals surface area contributed by atoms with Crippen molar-refractivity contribution in [3.8, 4) is 15.6 Å². The first-order chi connectivity index (χ1) is 14.1. The maximum Gasteiger partial charge on any atom is 0.268 e. The fourth-order valence-corrected chi connectivity index (χ4v) is 4.61. The molecule has 0 radical (unpaired) electrons. The van der Waals surface area contributed by atoms with Crippen LogP contribution in [0.2, 0.25) is 4.34 Å². The molecule has 4 aromatic heterocycles. The number of nitrogens with zero attached hydrogens (tertiary/aromatic N) is 3. The fourth-order valence-electron chi connectivity index (χ4n) is 2.55. The number of anilines is 1. The standard InChI is InChI=1S/C20H15ClN4O2S2/c1-12-17(29-20(24-12)15-4-5-16(21)28-15)19(26)25-18-14(3-2-8-23-18)27-11-13-6-9-22-10-7-13/h2-10H,11H2,1H3,(H,23,25,26). The van der Waals surface area contributed by atoms with Gasteiger partial charge in [-0.15, -0.1) is 22.7 Å². The summed E-state index contributed by atoms with van der Waals surface area (Å²) in [7, 11) is 0. The molecule has 0 aromatic carbocycles. The zero-order chi connectivity index (χ0) is 20.2. The number of hydrogen-bond acceptors (Lipinski definition) is 7.